The highest BCUT2D eigenvalue weighted by molar-refractivity contribution is 8.18. The third-order valence-corrected chi connectivity index (χ3v) is 4.15. The average Bonchev–Trinajstić information content (AvgIpc) is 2.62. The molecule has 1 saturated heterocycles. The van der Waals surface area contributed by atoms with E-state index in [9.17, 15) is 9.59 Å². The van der Waals surface area contributed by atoms with E-state index in [0.29, 0.717) is 4.91 Å². The molecule has 4 nitrogen and oxygen atoms in total. The van der Waals surface area contributed by atoms with Gasteiger partial charge in [0.2, 0.25) is 0 Å². The fourth-order valence-electron chi connectivity index (χ4n) is 2.37. The summed E-state index contributed by atoms with van der Waals surface area (Å²) in [6, 6.07) is 4.14. The Kier molecular flexibility index (Phi) is 4.30. The molecule has 1 heterocycles. The van der Waals surface area contributed by atoms with Crippen molar-refractivity contribution in [2.24, 2.45) is 5.73 Å². The number of thioether (sulfide) groups is 1. The molecule has 106 valence electrons. The van der Waals surface area contributed by atoms with Crippen molar-refractivity contribution in [2.75, 3.05) is 13.1 Å². The van der Waals surface area contributed by atoms with Crippen LogP contribution < -0.4 is 5.73 Å². The Balaban J connectivity index is 2.38. The highest BCUT2D eigenvalue weighted by Gasteiger charge is 2.34. The van der Waals surface area contributed by atoms with E-state index in [0.717, 1.165) is 28.5 Å². The molecule has 0 aliphatic carbocycles. The number of benzene rings is 1. The number of carbonyl (C=O) groups is 2. The van der Waals surface area contributed by atoms with Crippen molar-refractivity contribution in [1.29, 1.82) is 0 Å². The average molecular weight is 290 g/mol. The van der Waals surface area contributed by atoms with Gasteiger partial charge in [-0.1, -0.05) is 17.7 Å². The van der Waals surface area contributed by atoms with Crippen LogP contribution in [0.3, 0.4) is 0 Å². The van der Waals surface area contributed by atoms with E-state index in [1.54, 1.807) is 0 Å². The van der Waals surface area contributed by atoms with Crippen molar-refractivity contribution in [3.63, 3.8) is 0 Å². The number of imide groups is 1. The number of amides is 2. The summed E-state index contributed by atoms with van der Waals surface area (Å²) in [5, 5.41) is -0.242. The van der Waals surface area contributed by atoms with Crippen LogP contribution in [0.2, 0.25) is 0 Å². The van der Waals surface area contributed by atoms with Crippen LogP contribution in [0.25, 0.3) is 6.08 Å². The maximum absolute atomic E-state index is 12.2. The Morgan fingerprint density at radius 2 is 1.80 bits per heavy atom. The van der Waals surface area contributed by atoms with Crippen molar-refractivity contribution in [2.45, 2.75) is 20.8 Å². The van der Waals surface area contributed by atoms with Crippen LogP contribution in [0.1, 0.15) is 22.3 Å². The molecule has 0 unspecified atom stereocenters. The van der Waals surface area contributed by atoms with E-state index >= 15 is 0 Å². The number of nitrogens with two attached hydrogens (primary N) is 1. The van der Waals surface area contributed by atoms with E-state index < -0.39 is 0 Å². The normalized spacial score (nSPS) is 17.4. The summed E-state index contributed by atoms with van der Waals surface area (Å²) >= 11 is 0.981. The topological polar surface area (TPSA) is 63.4 Å². The largest absolute Gasteiger partial charge is 0.329 e. The molecule has 0 aromatic heterocycles. The second-order valence-corrected chi connectivity index (χ2v) is 5.93. The first-order chi connectivity index (χ1) is 9.43. The Hall–Kier alpha value is -1.59. The molecule has 20 heavy (non-hydrogen) atoms. The molecule has 1 fully saturated rings. The van der Waals surface area contributed by atoms with Gasteiger partial charge in [-0.15, -0.1) is 0 Å². The first-order valence-electron chi connectivity index (χ1n) is 6.47. The van der Waals surface area contributed by atoms with Crippen molar-refractivity contribution >= 4 is 29.0 Å². The Morgan fingerprint density at radius 1 is 1.20 bits per heavy atom. The highest BCUT2D eigenvalue weighted by atomic mass is 32.2. The molecule has 0 atom stereocenters. The van der Waals surface area contributed by atoms with E-state index in [4.69, 9.17) is 5.73 Å². The number of carbonyl (C=O) groups excluding carboxylic acids is 2. The minimum atomic E-state index is -0.246. The maximum atomic E-state index is 12.2. The van der Waals surface area contributed by atoms with Crippen LogP contribution >= 0.6 is 11.8 Å². The highest BCUT2D eigenvalue weighted by Crippen LogP contribution is 2.33. The Labute approximate surface area is 123 Å². The molecule has 5 heteroatoms. The van der Waals surface area contributed by atoms with Crippen molar-refractivity contribution < 1.29 is 9.59 Å². The Morgan fingerprint density at radius 3 is 2.35 bits per heavy atom. The van der Waals surface area contributed by atoms with Gasteiger partial charge >= 0.3 is 0 Å². The molecule has 1 aromatic rings. The van der Waals surface area contributed by atoms with Gasteiger partial charge in [-0.05, 0) is 55.3 Å². The lowest BCUT2D eigenvalue weighted by atomic mass is 9.99. The van der Waals surface area contributed by atoms with Gasteiger partial charge < -0.3 is 5.73 Å². The van der Waals surface area contributed by atoms with E-state index in [1.807, 2.05) is 26.8 Å². The van der Waals surface area contributed by atoms with Crippen LogP contribution in [0.15, 0.2) is 17.0 Å². The number of aryl methyl sites for hydroxylation is 3. The van der Waals surface area contributed by atoms with E-state index in [2.05, 4.69) is 12.1 Å². The zero-order valence-electron chi connectivity index (χ0n) is 11.9. The van der Waals surface area contributed by atoms with Gasteiger partial charge in [-0.2, -0.15) is 0 Å². The second-order valence-electron chi connectivity index (χ2n) is 4.93. The fraction of sp³-hybridized carbons (Fsp3) is 0.333. The second kappa shape index (κ2) is 5.81. The first-order valence-corrected chi connectivity index (χ1v) is 7.29. The summed E-state index contributed by atoms with van der Waals surface area (Å²) in [6.07, 6.45) is 1.81. The number of rotatable bonds is 3. The van der Waals surface area contributed by atoms with E-state index in [1.165, 1.54) is 10.5 Å². The Bertz CT molecular complexity index is 585. The van der Waals surface area contributed by atoms with Gasteiger partial charge in [-0.3, -0.25) is 14.5 Å². The fourth-order valence-corrected chi connectivity index (χ4v) is 3.22. The molecule has 1 aliphatic heterocycles. The predicted octanol–water partition coefficient (Wildman–Crippen LogP) is 2.61. The zero-order chi connectivity index (χ0) is 14.9. The van der Waals surface area contributed by atoms with Gasteiger partial charge in [0.1, 0.15) is 0 Å². The first kappa shape index (κ1) is 14.8. The quantitative estimate of drug-likeness (QED) is 0.869. The van der Waals surface area contributed by atoms with Crippen molar-refractivity contribution in [3.8, 4) is 0 Å². The molecule has 2 rings (SSSR count). The van der Waals surface area contributed by atoms with Gasteiger partial charge in [0.15, 0.2) is 0 Å². The molecule has 1 aliphatic rings. The van der Waals surface area contributed by atoms with Crippen LogP contribution in [0.5, 0.6) is 0 Å². The van der Waals surface area contributed by atoms with Gasteiger partial charge in [-0.25, -0.2) is 0 Å². The minimum absolute atomic E-state index is 0.242. The predicted molar refractivity (Wildman–Crippen MR) is 82.4 cm³/mol. The lowest BCUT2D eigenvalue weighted by molar-refractivity contribution is -0.122. The summed E-state index contributed by atoms with van der Waals surface area (Å²) in [5.74, 6) is -0.246. The van der Waals surface area contributed by atoms with E-state index in [-0.39, 0.29) is 24.2 Å². The summed E-state index contributed by atoms with van der Waals surface area (Å²) in [5.41, 5.74) is 9.83. The minimum Gasteiger partial charge on any atom is -0.329 e. The molecular weight excluding hydrogens is 272 g/mol. The standard InChI is InChI=1S/C15H18N2O2S/c1-9-6-10(2)12(11(3)7-9)8-13-14(18)17(5-4-16)15(19)20-13/h6-8H,4-5,16H2,1-3H3/b13-8-. The molecule has 2 N–H and O–H groups in total. The SMILES string of the molecule is Cc1cc(C)c(/C=C2\SC(=O)N(CCN)C2=O)c(C)c1. The van der Waals surface area contributed by atoms with Gasteiger partial charge in [0, 0.05) is 13.1 Å². The summed E-state index contributed by atoms with van der Waals surface area (Å²) < 4.78 is 0. The van der Waals surface area contributed by atoms with Crippen molar-refractivity contribution in [1.82, 2.24) is 4.90 Å². The van der Waals surface area contributed by atoms with Crippen LogP contribution in [0.4, 0.5) is 4.79 Å². The lowest BCUT2D eigenvalue weighted by Gasteiger charge is -2.10. The molecule has 0 saturated carbocycles. The maximum Gasteiger partial charge on any atom is 0.293 e. The van der Waals surface area contributed by atoms with Crippen LogP contribution in [0, 0.1) is 20.8 Å². The third kappa shape index (κ3) is 2.78. The smallest absolute Gasteiger partial charge is 0.293 e. The lowest BCUT2D eigenvalue weighted by Crippen LogP contribution is -2.33. The van der Waals surface area contributed by atoms with Crippen molar-refractivity contribution in [3.05, 3.63) is 39.3 Å². The summed E-state index contributed by atoms with van der Waals surface area (Å²) in [6.45, 7) is 6.62. The van der Waals surface area contributed by atoms with Crippen LogP contribution in [-0.2, 0) is 4.79 Å². The van der Waals surface area contributed by atoms with Gasteiger partial charge in [0.25, 0.3) is 11.1 Å². The molecule has 0 spiro atoms. The summed E-state index contributed by atoms with van der Waals surface area (Å²) in [7, 11) is 0. The molecule has 0 bridgehead atoms. The number of hydrogen-bond acceptors (Lipinski definition) is 4. The zero-order valence-corrected chi connectivity index (χ0v) is 12.7. The number of hydrogen-bond donors (Lipinski definition) is 1. The molecular formula is C15H18N2O2S. The molecule has 2 amide bonds. The molecule has 0 radical (unpaired) electrons. The monoisotopic (exact) mass is 290 g/mol. The molecule has 1 aromatic carbocycles. The van der Waals surface area contributed by atoms with Crippen LogP contribution in [-0.4, -0.2) is 29.1 Å². The summed E-state index contributed by atoms with van der Waals surface area (Å²) in [4.78, 5) is 25.6. The van der Waals surface area contributed by atoms with Gasteiger partial charge in [0.05, 0.1) is 4.91 Å². The third-order valence-electron chi connectivity index (χ3n) is 3.24. The number of nitrogens with zero attached hydrogens (tertiary/aromatic N) is 1.